The van der Waals surface area contributed by atoms with Gasteiger partial charge in [-0.05, 0) is 56.1 Å². The molecule has 0 unspecified atom stereocenters. The fourth-order valence-corrected chi connectivity index (χ4v) is 5.35. The topological polar surface area (TPSA) is 91.4 Å². The van der Waals surface area contributed by atoms with E-state index in [1.165, 1.54) is 23.9 Å². The first-order valence-corrected chi connectivity index (χ1v) is 14.5. The molecule has 2 aromatic heterocycles. The number of aromatic nitrogens is 4. The minimum atomic E-state index is -4.98. The number of carbonyl (C=O) groups excluding carboxylic acids is 1. The molecule has 9 nitrogen and oxygen atoms in total. The molecule has 47 heavy (non-hydrogen) atoms. The lowest BCUT2D eigenvalue weighted by molar-refractivity contribution is -0.138. The van der Waals surface area contributed by atoms with E-state index in [1.54, 1.807) is 50.2 Å². The number of ketones is 1. The lowest BCUT2D eigenvalue weighted by Gasteiger charge is -2.17. The summed E-state index contributed by atoms with van der Waals surface area (Å²) in [7, 11) is 4.59. The van der Waals surface area contributed by atoms with E-state index in [0.29, 0.717) is 22.7 Å². The molecule has 0 aliphatic carbocycles. The van der Waals surface area contributed by atoms with Gasteiger partial charge in [-0.1, -0.05) is 31.2 Å². The minimum Gasteiger partial charge on any atom is -0.494 e. The largest absolute Gasteiger partial charge is 0.494 e. The molecule has 0 spiro atoms. The lowest BCUT2D eigenvalue weighted by Crippen LogP contribution is -2.40. The molecule has 5 aromatic rings. The number of rotatable bonds is 10. The summed E-state index contributed by atoms with van der Waals surface area (Å²) in [6, 6.07) is 12.8. The Morgan fingerprint density at radius 3 is 2.28 bits per heavy atom. The number of halogens is 5. The summed E-state index contributed by atoms with van der Waals surface area (Å²) in [5, 5.41) is 4.33. The number of hydrogen-bond acceptors (Lipinski definition) is 6. The summed E-state index contributed by atoms with van der Waals surface area (Å²) in [4.78, 5) is 42.0. The third-order valence-electron chi connectivity index (χ3n) is 7.64. The van der Waals surface area contributed by atoms with Gasteiger partial charge in [0.15, 0.2) is 17.2 Å². The van der Waals surface area contributed by atoms with Crippen molar-refractivity contribution >= 4 is 16.8 Å². The second-order valence-corrected chi connectivity index (χ2v) is 11.1. The van der Waals surface area contributed by atoms with Crippen molar-refractivity contribution in [2.45, 2.75) is 39.0 Å². The van der Waals surface area contributed by atoms with Crippen LogP contribution in [0.1, 0.15) is 35.7 Å². The van der Waals surface area contributed by atoms with Crippen molar-refractivity contribution < 1.29 is 31.5 Å². The number of nitrogens with zero attached hydrogens (tertiary/aromatic N) is 5. The summed E-state index contributed by atoms with van der Waals surface area (Å²) in [5.74, 6) is -2.58. The predicted molar refractivity (Wildman–Crippen MR) is 164 cm³/mol. The number of carbonyl (C=O) groups is 1. The van der Waals surface area contributed by atoms with Crippen LogP contribution in [0.4, 0.5) is 22.0 Å². The first kappa shape index (κ1) is 33.3. The zero-order chi connectivity index (χ0) is 34.2. The Morgan fingerprint density at radius 2 is 1.66 bits per heavy atom. The highest BCUT2D eigenvalue weighted by molar-refractivity contribution is 5.81. The van der Waals surface area contributed by atoms with Crippen molar-refractivity contribution in [3.05, 3.63) is 116 Å². The predicted octanol–water partition coefficient (Wildman–Crippen LogP) is 5.28. The zero-order valence-corrected chi connectivity index (χ0v) is 25.9. The Labute approximate surface area is 265 Å². The van der Waals surface area contributed by atoms with Gasteiger partial charge >= 0.3 is 11.9 Å². The van der Waals surface area contributed by atoms with Crippen molar-refractivity contribution in [1.29, 1.82) is 0 Å². The number of methoxy groups -OCH3 is 1. The molecule has 0 N–H and O–H groups in total. The molecule has 0 saturated carbocycles. The number of benzene rings is 3. The summed E-state index contributed by atoms with van der Waals surface area (Å²) in [6.45, 7) is 0.815. The third-order valence-corrected chi connectivity index (χ3v) is 7.64. The van der Waals surface area contributed by atoms with Crippen molar-refractivity contribution in [3.63, 3.8) is 0 Å². The molecule has 0 amide bonds. The molecule has 246 valence electrons. The van der Waals surface area contributed by atoms with Crippen LogP contribution in [0.15, 0.2) is 70.3 Å². The highest BCUT2D eigenvalue weighted by Crippen LogP contribution is 2.34. The summed E-state index contributed by atoms with van der Waals surface area (Å²) < 4.78 is 80.4. The fraction of sp³-hybridized carbons (Fsp3) is 0.273. The van der Waals surface area contributed by atoms with Crippen LogP contribution in [0.25, 0.3) is 22.4 Å². The van der Waals surface area contributed by atoms with Crippen molar-refractivity contribution in [2.75, 3.05) is 21.2 Å². The first-order valence-electron chi connectivity index (χ1n) is 14.5. The quantitative estimate of drug-likeness (QED) is 0.191. The molecule has 0 atom stereocenters. The van der Waals surface area contributed by atoms with Crippen molar-refractivity contribution in [1.82, 2.24) is 23.8 Å². The van der Waals surface area contributed by atoms with Crippen LogP contribution in [0.3, 0.4) is 0 Å². The number of ether oxygens (including phenoxy) is 1. The maximum Gasteiger partial charge on any atom is 0.416 e. The van der Waals surface area contributed by atoms with E-state index in [-0.39, 0.29) is 41.2 Å². The highest BCUT2D eigenvalue weighted by Gasteiger charge is 2.35. The van der Waals surface area contributed by atoms with Crippen molar-refractivity contribution in [3.8, 4) is 17.1 Å². The van der Waals surface area contributed by atoms with E-state index in [4.69, 9.17) is 4.74 Å². The molecular weight excluding hydrogens is 625 g/mol. The second kappa shape index (κ2) is 12.9. The summed E-state index contributed by atoms with van der Waals surface area (Å²) in [6.07, 6.45) is -4.43. The number of Topliss-reactive ketones (excluding diaryl/α,β-unsaturated/α-hetero) is 1. The van der Waals surface area contributed by atoms with Gasteiger partial charge in [-0.2, -0.15) is 13.2 Å². The van der Waals surface area contributed by atoms with E-state index in [9.17, 15) is 27.6 Å². The smallest absolute Gasteiger partial charge is 0.416 e. The Balaban J connectivity index is 1.88. The second-order valence-electron chi connectivity index (χ2n) is 11.1. The number of fused-ring (bicyclic) bond motifs is 1. The molecule has 0 bridgehead atoms. The SMILES string of the molecule is CCC(=O)Cc1ccc(-n2nc3c(c2CN(C)C)c(=O)n(-c2cccc(OC)c2F)c(=O)n3Cc2c(F)cccc2C(F)(F)F)cc1. The van der Waals surface area contributed by atoms with E-state index >= 15 is 8.78 Å². The van der Waals surface area contributed by atoms with Gasteiger partial charge in [-0.25, -0.2) is 22.8 Å². The summed E-state index contributed by atoms with van der Waals surface area (Å²) >= 11 is 0. The average molecular weight is 656 g/mol. The van der Waals surface area contributed by atoms with E-state index < -0.39 is 52.4 Å². The molecule has 0 saturated heterocycles. The van der Waals surface area contributed by atoms with Crippen LogP contribution in [-0.4, -0.2) is 50.8 Å². The normalized spacial score (nSPS) is 11.9. The van der Waals surface area contributed by atoms with Crippen LogP contribution in [-0.2, 0) is 30.5 Å². The van der Waals surface area contributed by atoms with Crippen LogP contribution in [0.2, 0.25) is 0 Å². The van der Waals surface area contributed by atoms with Gasteiger partial charge in [-0.15, -0.1) is 5.10 Å². The average Bonchev–Trinajstić information content (AvgIpc) is 3.38. The standard InChI is InChI=1S/C33H30F5N5O4/c1-5-21(44)16-19-12-14-20(15-13-19)43-26(18-40(2)3)28-30(39-43)41(17-22-23(33(36,37)38)8-6-9-24(22)34)32(46)42(31(28)45)25-10-7-11-27(47-4)29(25)35/h6-15H,5,16-18H2,1-4H3. The van der Waals surface area contributed by atoms with E-state index in [2.05, 4.69) is 5.10 Å². The molecule has 0 radical (unpaired) electrons. The monoisotopic (exact) mass is 655 g/mol. The van der Waals surface area contributed by atoms with Gasteiger partial charge < -0.3 is 9.64 Å². The molecule has 2 heterocycles. The fourth-order valence-electron chi connectivity index (χ4n) is 5.35. The van der Waals surface area contributed by atoms with Gasteiger partial charge in [0.1, 0.15) is 17.0 Å². The van der Waals surface area contributed by atoms with Gasteiger partial charge in [0.05, 0.1) is 36.3 Å². The van der Waals surface area contributed by atoms with Gasteiger partial charge in [0, 0.05) is 24.9 Å². The molecule has 3 aromatic carbocycles. The van der Waals surface area contributed by atoms with Gasteiger partial charge in [-0.3, -0.25) is 14.2 Å². The third kappa shape index (κ3) is 6.32. The van der Waals surface area contributed by atoms with Crippen molar-refractivity contribution in [2.24, 2.45) is 0 Å². The molecular formula is C33H30F5N5O4. The van der Waals surface area contributed by atoms with Gasteiger partial charge in [0.2, 0.25) is 0 Å². The zero-order valence-electron chi connectivity index (χ0n) is 25.9. The highest BCUT2D eigenvalue weighted by atomic mass is 19.4. The van der Waals surface area contributed by atoms with E-state index in [1.807, 2.05) is 0 Å². The Hall–Kier alpha value is -5.11. The summed E-state index contributed by atoms with van der Waals surface area (Å²) in [5.41, 5.74) is -3.94. The number of hydrogen-bond donors (Lipinski definition) is 0. The molecule has 0 aliphatic heterocycles. The van der Waals surface area contributed by atoms with Gasteiger partial charge in [0.25, 0.3) is 5.56 Å². The lowest BCUT2D eigenvalue weighted by atomic mass is 10.1. The van der Waals surface area contributed by atoms with Crippen LogP contribution >= 0.6 is 0 Å². The molecule has 14 heteroatoms. The maximum atomic E-state index is 15.6. The Bertz CT molecular complexity index is 2100. The number of alkyl halides is 3. The van der Waals surface area contributed by atoms with Crippen LogP contribution < -0.4 is 16.0 Å². The molecule has 5 rings (SSSR count). The van der Waals surface area contributed by atoms with Crippen LogP contribution in [0, 0.1) is 11.6 Å². The first-order chi connectivity index (χ1) is 22.3. The van der Waals surface area contributed by atoms with E-state index in [0.717, 1.165) is 28.3 Å². The molecule has 0 aliphatic rings. The molecule has 0 fully saturated rings. The Morgan fingerprint density at radius 1 is 0.979 bits per heavy atom. The van der Waals surface area contributed by atoms with Crippen LogP contribution in [0.5, 0.6) is 5.75 Å². The minimum absolute atomic E-state index is 0.0246. The Kier molecular flexibility index (Phi) is 9.16. The maximum absolute atomic E-state index is 15.6.